The Bertz CT molecular complexity index is 1240. The van der Waals surface area contributed by atoms with Gasteiger partial charge in [-0.05, 0) is 61.0 Å². The van der Waals surface area contributed by atoms with Gasteiger partial charge < -0.3 is 9.84 Å². The van der Waals surface area contributed by atoms with Gasteiger partial charge in [-0.2, -0.15) is 10.2 Å². The summed E-state index contributed by atoms with van der Waals surface area (Å²) in [4.78, 5) is 12.4. The third kappa shape index (κ3) is 4.56. The number of amides is 1. The van der Waals surface area contributed by atoms with Crippen LogP contribution in [0.3, 0.4) is 0 Å². The number of rotatable bonds is 6. The topological polar surface area (TPSA) is 99.6 Å². The first-order valence-electron chi connectivity index (χ1n) is 9.88. The smallest absolute Gasteiger partial charge is 0.289 e. The molecule has 1 amide bonds. The molecule has 7 heteroatoms. The Morgan fingerprint density at radius 3 is 2.68 bits per heavy atom. The van der Waals surface area contributed by atoms with Crippen molar-refractivity contribution in [2.75, 3.05) is 0 Å². The van der Waals surface area contributed by atoms with Crippen molar-refractivity contribution < 1.29 is 14.6 Å². The minimum atomic E-state index is -0.436. The predicted molar refractivity (Wildman–Crippen MR) is 120 cm³/mol. The molecule has 0 aliphatic carbocycles. The Kier molecular flexibility index (Phi) is 5.66. The molecule has 0 radical (unpaired) electrons. The molecule has 4 rings (SSSR count). The molecule has 0 spiro atoms. The fraction of sp³-hybridized carbons (Fsp3) is 0.125. The fourth-order valence-electron chi connectivity index (χ4n) is 3.20. The van der Waals surface area contributed by atoms with Crippen molar-refractivity contribution in [1.82, 2.24) is 15.6 Å². The van der Waals surface area contributed by atoms with Crippen molar-refractivity contribution in [3.63, 3.8) is 0 Å². The molecule has 3 N–H and O–H groups in total. The number of phenols is 1. The molecule has 0 unspecified atom stereocenters. The molecule has 156 valence electrons. The van der Waals surface area contributed by atoms with Crippen LogP contribution in [0.2, 0.25) is 0 Å². The molecule has 1 heterocycles. The highest BCUT2D eigenvalue weighted by Crippen LogP contribution is 2.25. The average molecular weight is 414 g/mol. The summed E-state index contributed by atoms with van der Waals surface area (Å²) in [5.74, 6) is 0.429. The van der Waals surface area contributed by atoms with E-state index in [0.29, 0.717) is 11.3 Å². The summed E-state index contributed by atoms with van der Waals surface area (Å²) in [6.07, 6.45) is 1.53. The van der Waals surface area contributed by atoms with Crippen molar-refractivity contribution in [3.05, 3.63) is 78.0 Å². The van der Waals surface area contributed by atoms with Gasteiger partial charge in [-0.3, -0.25) is 9.89 Å². The minimum Gasteiger partial charge on any atom is -0.507 e. The third-order valence-electron chi connectivity index (χ3n) is 4.65. The highest BCUT2D eigenvalue weighted by atomic mass is 16.5. The fourth-order valence-corrected chi connectivity index (χ4v) is 3.20. The van der Waals surface area contributed by atoms with E-state index in [2.05, 4.69) is 20.7 Å². The highest BCUT2D eigenvalue weighted by molar-refractivity contribution is 6.03. The molecule has 0 bridgehead atoms. The van der Waals surface area contributed by atoms with E-state index >= 15 is 0 Å². The lowest BCUT2D eigenvalue weighted by molar-refractivity contribution is 0.0950. The molecular weight excluding hydrogens is 392 g/mol. The zero-order chi connectivity index (χ0) is 21.8. The minimum absolute atomic E-state index is 0.0884. The van der Waals surface area contributed by atoms with E-state index in [0.717, 1.165) is 22.1 Å². The largest absolute Gasteiger partial charge is 0.507 e. The normalized spacial score (nSPS) is 11.3. The second kappa shape index (κ2) is 8.71. The van der Waals surface area contributed by atoms with Crippen molar-refractivity contribution in [2.24, 2.45) is 5.10 Å². The number of hydrogen-bond donors (Lipinski definition) is 3. The summed E-state index contributed by atoms with van der Waals surface area (Å²) in [7, 11) is 0. The first kappa shape index (κ1) is 20.2. The number of nitrogens with one attached hydrogen (secondary N) is 2. The summed E-state index contributed by atoms with van der Waals surface area (Å²) in [5, 5.41) is 22.9. The van der Waals surface area contributed by atoms with Gasteiger partial charge in [0.2, 0.25) is 0 Å². The van der Waals surface area contributed by atoms with E-state index in [1.165, 1.54) is 6.21 Å². The van der Waals surface area contributed by atoms with E-state index in [4.69, 9.17) is 4.74 Å². The lowest BCUT2D eigenvalue weighted by atomic mass is 10.0. The van der Waals surface area contributed by atoms with Gasteiger partial charge in [0.1, 0.15) is 17.2 Å². The predicted octanol–water partition coefficient (Wildman–Crippen LogP) is 4.49. The summed E-state index contributed by atoms with van der Waals surface area (Å²) in [5.41, 5.74) is 4.77. The Hall–Kier alpha value is -4.13. The van der Waals surface area contributed by atoms with Crippen LogP contribution in [0.15, 0.2) is 71.8 Å². The molecule has 3 aromatic carbocycles. The van der Waals surface area contributed by atoms with Gasteiger partial charge in [-0.1, -0.05) is 30.3 Å². The first-order chi connectivity index (χ1) is 15.0. The van der Waals surface area contributed by atoms with E-state index in [1.807, 2.05) is 68.4 Å². The number of nitrogens with zero attached hydrogens (tertiary/aromatic N) is 2. The lowest BCUT2D eigenvalue weighted by Gasteiger charge is -2.09. The summed E-state index contributed by atoms with van der Waals surface area (Å²) < 4.78 is 5.64. The zero-order valence-corrected chi connectivity index (χ0v) is 17.2. The quantitative estimate of drug-likeness (QED) is 0.320. The van der Waals surface area contributed by atoms with Crippen LogP contribution >= 0.6 is 0 Å². The molecule has 0 saturated heterocycles. The van der Waals surface area contributed by atoms with Gasteiger partial charge in [-0.15, -0.1) is 0 Å². The highest BCUT2D eigenvalue weighted by Gasteiger charge is 2.11. The van der Waals surface area contributed by atoms with E-state index in [9.17, 15) is 9.90 Å². The third-order valence-corrected chi connectivity index (χ3v) is 4.65. The van der Waals surface area contributed by atoms with Gasteiger partial charge in [0.25, 0.3) is 5.91 Å². The number of benzene rings is 3. The monoisotopic (exact) mass is 414 g/mol. The average Bonchev–Trinajstić information content (AvgIpc) is 3.26. The molecule has 0 fully saturated rings. The Morgan fingerprint density at radius 2 is 1.90 bits per heavy atom. The van der Waals surface area contributed by atoms with Crippen LogP contribution in [-0.4, -0.2) is 33.5 Å². The zero-order valence-electron chi connectivity index (χ0n) is 17.2. The molecule has 7 nitrogen and oxygen atoms in total. The number of phenolic OH excluding ortho intramolecular Hbond substituents is 1. The molecule has 0 saturated carbocycles. The SMILES string of the molecule is CC(C)Oc1ccc(-c2cc(C(=O)N/N=C/c3c(O)ccc4ccccc34)[nH]n2)cc1. The standard InChI is InChI=1S/C24H22N4O3/c1-15(2)31-18-10-7-17(8-11-18)21-13-22(27-26-21)24(30)28-25-14-20-19-6-4-3-5-16(19)9-12-23(20)29/h3-15,29H,1-2H3,(H,26,27)(H,28,30)/b25-14+. The van der Waals surface area contributed by atoms with Crippen LogP contribution < -0.4 is 10.2 Å². The Balaban J connectivity index is 1.46. The number of aromatic amines is 1. The number of H-pyrrole nitrogens is 1. The van der Waals surface area contributed by atoms with Crippen LogP contribution in [-0.2, 0) is 0 Å². The molecule has 0 aliphatic heterocycles. The second-order valence-electron chi connectivity index (χ2n) is 7.28. The molecule has 31 heavy (non-hydrogen) atoms. The van der Waals surface area contributed by atoms with Crippen LogP contribution in [0, 0.1) is 0 Å². The van der Waals surface area contributed by atoms with Crippen molar-refractivity contribution >= 4 is 22.9 Å². The number of ether oxygens (including phenoxy) is 1. The van der Waals surface area contributed by atoms with E-state index in [-0.39, 0.29) is 17.5 Å². The molecule has 0 atom stereocenters. The van der Waals surface area contributed by atoms with Crippen LogP contribution in [0.1, 0.15) is 29.9 Å². The molecule has 0 aliphatic rings. The number of carbonyl (C=O) groups is 1. The van der Waals surface area contributed by atoms with Crippen LogP contribution in [0.4, 0.5) is 0 Å². The molecular formula is C24H22N4O3. The van der Waals surface area contributed by atoms with Crippen LogP contribution in [0.25, 0.3) is 22.0 Å². The van der Waals surface area contributed by atoms with Gasteiger partial charge in [0.15, 0.2) is 0 Å². The maximum atomic E-state index is 12.4. The number of aromatic nitrogens is 2. The van der Waals surface area contributed by atoms with Crippen molar-refractivity contribution in [2.45, 2.75) is 20.0 Å². The van der Waals surface area contributed by atoms with Crippen molar-refractivity contribution in [3.8, 4) is 22.8 Å². The summed E-state index contributed by atoms with van der Waals surface area (Å²) in [6.45, 7) is 3.94. The number of fused-ring (bicyclic) bond motifs is 1. The Morgan fingerprint density at radius 1 is 1.13 bits per heavy atom. The Labute approximate surface area is 179 Å². The molecule has 4 aromatic rings. The lowest BCUT2D eigenvalue weighted by Crippen LogP contribution is -2.18. The number of hydrogen-bond acceptors (Lipinski definition) is 5. The summed E-state index contributed by atoms with van der Waals surface area (Å²) in [6, 6.07) is 20.2. The number of carbonyl (C=O) groups excluding carboxylic acids is 1. The van der Waals surface area contributed by atoms with E-state index < -0.39 is 5.91 Å². The van der Waals surface area contributed by atoms with Crippen molar-refractivity contribution in [1.29, 1.82) is 0 Å². The maximum absolute atomic E-state index is 12.4. The van der Waals surface area contributed by atoms with Gasteiger partial charge in [0, 0.05) is 11.1 Å². The van der Waals surface area contributed by atoms with Gasteiger partial charge in [-0.25, -0.2) is 5.43 Å². The van der Waals surface area contributed by atoms with E-state index in [1.54, 1.807) is 12.1 Å². The summed E-state index contributed by atoms with van der Waals surface area (Å²) >= 11 is 0. The van der Waals surface area contributed by atoms with Gasteiger partial charge >= 0.3 is 0 Å². The maximum Gasteiger partial charge on any atom is 0.289 e. The number of aromatic hydroxyl groups is 1. The van der Waals surface area contributed by atoms with Crippen LogP contribution in [0.5, 0.6) is 11.5 Å². The first-order valence-corrected chi connectivity index (χ1v) is 9.88. The van der Waals surface area contributed by atoms with Gasteiger partial charge in [0.05, 0.1) is 18.0 Å². The second-order valence-corrected chi connectivity index (χ2v) is 7.28. The number of hydrazone groups is 1. The molecule has 1 aromatic heterocycles.